The van der Waals surface area contributed by atoms with E-state index in [0.29, 0.717) is 5.56 Å². The lowest BCUT2D eigenvalue weighted by atomic mass is 10.0. The summed E-state index contributed by atoms with van der Waals surface area (Å²) in [4.78, 5) is 0.217. The number of aliphatic hydroxyl groups excluding tert-OH is 1. The van der Waals surface area contributed by atoms with Crippen molar-refractivity contribution >= 4 is 9.84 Å². The molecule has 2 aromatic rings. The topological polar surface area (TPSA) is 80.4 Å². The number of aryl methyl sites for hydroxylation is 1. The van der Waals surface area contributed by atoms with Gasteiger partial charge in [0.05, 0.1) is 16.8 Å². The van der Waals surface area contributed by atoms with Crippen molar-refractivity contribution in [3.8, 4) is 0 Å². The molecule has 0 aliphatic heterocycles. The highest BCUT2D eigenvalue weighted by Crippen LogP contribution is 2.63. The summed E-state index contributed by atoms with van der Waals surface area (Å²) in [6.45, 7) is 1.59. The Balaban J connectivity index is 2.04. The van der Waals surface area contributed by atoms with Gasteiger partial charge in [-0.2, -0.15) is 0 Å². The monoisotopic (exact) mass is 349 g/mol. The second-order valence-corrected chi connectivity index (χ2v) is 8.47. The number of nitrogens with two attached hydrogens (primary N) is 1. The maximum absolute atomic E-state index is 13.2. The van der Waals surface area contributed by atoms with E-state index in [1.807, 2.05) is 6.92 Å². The van der Waals surface area contributed by atoms with E-state index in [9.17, 15) is 17.9 Å². The highest BCUT2D eigenvalue weighted by Gasteiger charge is 2.70. The van der Waals surface area contributed by atoms with Gasteiger partial charge in [-0.15, -0.1) is 0 Å². The van der Waals surface area contributed by atoms with Crippen molar-refractivity contribution < 1.29 is 17.9 Å². The highest BCUT2D eigenvalue weighted by atomic mass is 32.2. The molecule has 4 nitrogen and oxygen atoms in total. The van der Waals surface area contributed by atoms with Crippen LogP contribution in [0.5, 0.6) is 0 Å². The van der Waals surface area contributed by atoms with Gasteiger partial charge < -0.3 is 10.8 Å². The van der Waals surface area contributed by atoms with Crippen molar-refractivity contribution in [2.45, 2.75) is 23.0 Å². The molecule has 6 heteroatoms. The number of hydrogen-bond donors (Lipinski definition) is 2. The van der Waals surface area contributed by atoms with Crippen LogP contribution < -0.4 is 5.73 Å². The number of benzene rings is 2. The molecule has 3 N–H and O–H groups in total. The van der Waals surface area contributed by atoms with E-state index in [1.165, 1.54) is 12.1 Å². The molecule has 3 atom stereocenters. The Morgan fingerprint density at radius 3 is 2.21 bits per heavy atom. The molecule has 1 aliphatic carbocycles. The largest absolute Gasteiger partial charge is 0.396 e. The summed E-state index contributed by atoms with van der Waals surface area (Å²) >= 11 is 0. The first kappa shape index (κ1) is 17.1. The Morgan fingerprint density at radius 2 is 1.71 bits per heavy atom. The lowest BCUT2D eigenvalue weighted by Crippen LogP contribution is -2.27. The Hall–Kier alpha value is -1.76. The third-order valence-corrected chi connectivity index (χ3v) is 7.31. The molecule has 0 aromatic heterocycles. The minimum absolute atomic E-state index is 0.0430. The van der Waals surface area contributed by atoms with Gasteiger partial charge in [0.15, 0.2) is 9.84 Å². The van der Waals surface area contributed by atoms with E-state index in [4.69, 9.17) is 5.73 Å². The van der Waals surface area contributed by atoms with Crippen LogP contribution in [0.1, 0.15) is 17.0 Å². The van der Waals surface area contributed by atoms with Crippen molar-refractivity contribution in [1.29, 1.82) is 0 Å². The summed E-state index contributed by atoms with van der Waals surface area (Å²) in [6.07, 6.45) is 0. The van der Waals surface area contributed by atoms with Gasteiger partial charge >= 0.3 is 0 Å². The molecule has 0 radical (unpaired) electrons. The van der Waals surface area contributed by atoms with Gasteiger partial charge in [-0.1, -0.05) is 29.8 Å². The number of halogens is 1. The minimum Gasteiger partial charge on any atom is -0.396 e. The smallest absolute Gasteiger partial charge is 0.182 e. The molecule has 0 unspecified atom stereocenters. The fraction of sp³-hybridized carbons (Fsp3) is 0.333. The number of aliphatic hydroxyl groups is 1. The fourth-order valence-electron chi connectivity index (χ4n) is 3.49. The van der Waals surface area contributed by atoms with Crippen molar-refractivity contribution in [3.05, 3.63) is 65.5 Å². The molecular weight excluding hydrogens is 329 g/mol. The van der Waals surface area contributed by atoms with Crippen LogP contribution in [-0.2, 0) is 9.84 Å². The average molecular weight is 349 g/mol. The average Bonchev–Trinajstić information content (AvgIpc) is 3.26. The molecule has 0 saturated heterocycles. The van der Waals surface area contributed by atoms with E-state index < -0.39 is 26.4 Å². The quantitative estimate of drug-likeness (QED) is 0.865. The standard InChI is InChI=1S/C18H20FNO3S/c1-12-2-8-15(9-3-12)24(22,23)17-16(18(17,10-20)11-21)13-4-6-14(19)7-5-13/h2-9,16-17,21H,10-11,20H2,1H3/t16-,17+,18-/m1/s1. The molecule has 0 heterocycles. The van der Waals surface area contributed by atoms with Gasteiger partial charge in [-0.25, -0.2) is 12.8 Å². The molecule has 1 aliphatic rings. The molecule has 3 rings (SSSR count). The molecule has 128 valence electrons. The maximum Gasteiger partial charge on any atom is 0.182 e. The fourth-order valence-corrected chi connectivity index (χ4v) is 5.94. The molecule has 0 bridgehead atoms. The molecule has 0 spiro atoms. The van der Waals surface area contributed by atoms with E-state index in [2.05, 4.69) is 0 Å². The Labute approximate surface area is 141 Å². The van der Waals surface area contributed by atoms with Gasteiger partial charge in [0, 0.05) is 17.9 Å². The first-order valence-electron chi connectivity index (χ1n) is 7.74. The van der Waals surface area contributed by atoms with Crippen LogP contribution in [0, 0.1) is 18.2 Å². The molecule has 2 aromatic carbocycles. The van der Waals surface area contributed by atoms with Crippen molar-refractivity contribution in [2.24, 2.45) is 11.1 Å². The normalized spacial score (nSPS) is 26.3. The first-order valence-corrected chi connectivity index (χ1v) is 9.28. The molecule has 24 heavy (non-hydrogen) atoms. The number of rotatable bonds is 5. The lowest BCUT2D eigenvalue weighted by molar-refractivity contribution is 0.212. The summed E-state index contributed by atoms with van der Waals surface area (Å²) in [5, 5.41) is 9.04. The minimum atomic E-state index is -3.66. The first-order chi connectivity index (χ1) is 11.4. The van der Waals surface area contributed by atoms with Crippen LogP contribution in [0.2, 0.25) is 0 Å². The van der Waals surface area contributed by atoms with Crippen LogP contribution in [0.4, 0.5) is 4.39 Å². The summed E-state index contributed by atoms with van der Waals surface area (Å²) in [5.41, 5.74) is 6.54. The molecule has 1 saturated carbocycles. The summed E-state index contributed by atoms with van der Waals surface area (Å²) in [6, 6.07) is 12.3. The molecule has 1 fully saturated rings. The van der Waals surface area contributed by atoms with Crippen LogP contribution in [0.3, 0.4) is 0 Å². The predicted molar refractivity (Wildman–Crippen MR) is 89.9 cm³/mol. The van der Waals surface area contributed by atoms with E-state index in [1.54, 1.807) is 36.4 Å². The van der Waals surface area contributed by atoms with E-state index in [0.717, 1.165) is 5.56 Å². The van der Waals surface area contributed by atoms with Gasteiger partial charge in [-0.3, -0.25) is 0 Å². The van der Waals surface area contributed by atoms with Crippen LogP contribution in [0.25, 0.3) is 0 Å². The predicted octanol–water partition coefficient (Wildman–Crippen LogP) is 2.01. The third kappa shape index (κ3) is 2.55. The van der Waals surface area contributed by atoms with Crippen molar-refractivity contribution in [2.75, 3.05) is 13.2 Å². The van der Waals surface area contributed by atoms with Crippen LogP contribution in [0.15, 0.2) is 53.4 Å². The maximum atomic E-state index is 13.2. The Kier molecular flexibility index (Phi) is 4.23. The van der Waals surface area contributed by atoms with E-state index >= 15 is 0 Å². The third-order valence-electron chi connectivity index (χ3n) is 4.97. The molecule has 0 amide bonds. The second kappa shape index (κ2) is 5.95. The zero-order chi connectivity index (χ0) is 17.5. The summed E-state index contributed by atoms with van der Waals surface area (Å²) in [5.74, 6) is -0.834. The lowest BCUT2D eigenvalue weighted by Gasteiger charge is -2.12. The van der Waals surface area contributed by atoms with Crippen molar-refractivity contribution in [3.63, 3.8) is 0 Å². The van der Waals surface area contributed by atoms with E-state index in [-0.39, 0.29) is 23.9 Å². The summed E-state index contributed by atoms with van der Waals surface area (Å²) in [7, 11) is -3.66. The van der Waals surface area contributed by atoms with Gasteiger partial charge in [0.1, 0.15) is 5.82 Å². The van der Waals surface area contributed by atoms with Gasteiger partial charge in [0.2, 0.25) is 0 Å². The zero-order valence-electron chi connectivity index (χ0n) is 13.3. The second-order valence-electron chi connectivity index (χ2n) is 6.40. The van der Waals surface area contributed by atoms with Gasteiger partial charge in [0.25, 0.3) is 0 Å². The Morgan fingerprint density at radius 1 is 1.12 bits per heavy atom. The number of sulfone groups is 1. The molecular formula is C18H20FNO3S. The van der Waals surface area contributed by atoms with Gasteiger partial charge in [-0.05, 0) is 36.8 Å². The number of hydrogen-bond acceptors (Lipinski definition) is 4. The van der Waals surface area contributed by atoms with Crippen LogP contribution in [-0.4, -0.2) is 31.9 Å². The Bertz CT molecular complexity index is 828. The summed E-state index contributed by atoms with van der Waals surface area (Å²) < 4.78 is 39.3. The highest BCUT2D eigenvalue weighted by molar-refractivity contribution is 7.92. The van der Waals surface area contributed by atoms with Crippen LogP contribution >= 0.6 is 0 Å². The van der Waals surface area contributed by atoms with Crippen molar-refractivity contribution in [1.82, 2.24) is 0 Å². The zero-order valence-corrected chi connectivity index (χ0v) is 14.1. The SMILES string of the molecule is Cc1ccc(S(=O)(=O)[C@H]2[C@@H](c3ccc(F)cc3)[C@@]2(CN)CO)cc1.